The molecular weight excluding hydrogens is 366 g/mol. The largest absolute Gasteiger partial charge is 0.493 e. The van der Waals surface area contributed by atoms with Crippen LogP contribution in [0.4, 0.5) is 0 Å². The van der Waals surface area contributed by atoms with E-state index in [1.165, 1.54) is 5.56 Å². The number of fused-ring (bicyclic) bond motifs is 1. The SMILES string of the molecule is COc1cc2nncc(C(C#N)C3NC=CN3Cc3ccccc3)c2cc1OC. The smallest absolute Gasteiger partial charge is 0.162 e. The van der Waals surface area contributed by atoms with Crippen LogP contribution < -0.4 is 14.8 Å². The standard InChI is InChI=1S/C22H21N5O2/c1-28-20-10-16-18(13-25-26-19(16)11-21(20)29-2)17(12-23)22-24-8-9-27(22)14-15-6-4-3-5-7-15/h3-11,13,17,22,24H,14H2,1-2H3. The number of hydrogen-bond donors (Lipinski definition) is 1. The Morgan fingerprint density at radius 1 is 1.17 bits per heavy atom. The predicted octanol–water partition coefficient (Wildman–Crippen LogP) is 3.16. The lowest BCUT2D eigenvalue weighted by atomic mass is 9.94. The Hall–Kier alpha value is -3.79. The third kappa shape index (κ3) is 3.52. The topological polar surface area (TPSA) is 83.3 Å². The van der Waals surface area contributed by atoms with E-state index in [2.05, 4.69) is 38.6 Å². The Bertz CT molecular complexity index is 1080. The van der Waals surface area contributed by atoms with Crippen molar-refractivity contribution in [3.05, 3.63) is 72.2 Å². The summed E-state index contributed by atoms with van der Waals surface area (Å²) >= 11 is 0. The van der Waals surface area contributed by atoms with Gasteiger partial charge < -0.3 is 19.7 Å². The molecule has 0 saturated carbocycles. The van der Waals surface area contributed by atoms with E-state index in [9.17, 15) is 5.26 Å². The minimum atomic E-state index is -0.468. The summed E-state index contributed by atoms with van der Waals surface area (Å²) in [5.74, 6) is 0.695. The predicted molar refractivity (Wildman–Crippen MR) is 109 cm³/mol. The Morgan fingerprint density at radius 2 is 1.93 bits per heavy atom. The Kier molecular flexibility index (Phi) is 5.16. The van der Waals surface area contributed by atoms with E-state index in [1.807, 2.05) is 36.7 Å². The first-order valence-corrected chi connectivity index (χ1v) is 9.24. The van der Waals surface area contributed by atoms with E-state index in [-0.39, 0.29) is 6.17 Å². The minimum absolute atomic E-state index is 0.222. The highest BCUT2D eigenvalue weighted by molar-refractivity contribution is 5.86. The van der Waals surface area contributed by atoms with Crippen LogP contribution in [0.15, 0.2) is 61.1 Å². The van der Waals surface area contributed by atoms with Crippen LogP contribution in [0.2, 0.25) is 0 Å². The second-order valence-corrected chi connectivity index (χ2v) is 6.72. The molecule has 146 valence electrons. The molecule has 0 radical (unpaired) electrons. The number of ether oxygens (including phenoxy) is 2. The second kappa shape index (κ2) is 8.07. The van der Waals surface area contributed by atoms with Crippen LogP contribution >= 0.6 is 0 Å². The Morgan fingerprint density at radius 3 is 2.66 bits per heavy atom. The van der Waals surface area contributed by atoms with E-state index in [4.69, 9.17) is 9.47 Å². The van der Waals surface area contributed by atoms with Crippen molar-refractivity contribution in [2.24, 2.45) is 0 Å². The minimum Gasteiger partial charge on any atom is -0.493 e. The summed E-state index contributed by atoms with van der Waals surface area (Å²) in [6.07, 6.45) is 5.28. The number of aromatic nitrogens is 2. The highest BCUT2D eigenvalue weighted by atomic mass is 16.5. The van der Waals surface area contributed by atoms with E-state index >= 15 is 0 Å². The molecule has 2 heterocycles. The lowest BCUT2D eigenvalue weighted by molar-refractivity contribution is 0.254. The van der Waals surface area contributed by atoms with E-state index < -0.39 is 5.92 Å². The van der Waals surface area contributed by atoms with Crippen LogP contribution in [0.25, 0.3) is 10.9 Å². The molecule has 2 aromatic carbocycles. The monoisotopic (exact) mass is 387 g/mol. The molecule has 0 bridgehead atoms. The lowest BCUT2D eigenvalue weighted by Crippen LogP contribution is -2.40. The molecule has 7 nitrogen and oxygen atoms in total. The van der Waals surface area contributed by atoms with Crippen LogP contribution in [0, 0.1) is 11.3 Å². The molecule has 1 N–H and O–H groups in total. The summed E-state index contributed by atoms with van der Waals surface area (Å²) in [5.41, 5.74) is 2.62. The summed E-state index contributed by atoms with van der Waals surface area (Å²) in [6, 6.07) is 16.3. The van der Waals surface area contributed by atoms with E-state index in [0.29, 0.717) is 23.6 Å². The fourth-order valence-corrected chi connectivity index (χ4v) is 3.62. The van der Waals surface area contributed by atoms with Crippen molar-refractivity contribution in [2.75, 3.05) is 14.2 Å². The van der Waals surface area contributed by atoms with Gasteiger partial charge in [0.2, 0.25) is 0 Å². The number of nitrogens with one attached hydrogen (secondary N) is 1. The van der Waals surface area contributed by atoms with Gasteiger partial charge in [-0.25, -0.2) is 0 Å². The quantitative estimate of drug-likeness (QED) is 0.695. The van der Waals surface area contributed by atoms with E-state index in [1.54, 1.807) is 26.5 Å². The maximum Gasteiger partial charge on any atom is 0.162 e. The summed E-state index contributed by atoms with van der Waals surface area (Å²) in [7, 11) is 3.17. The van der Waals surface area contributed by atoms with Crippen molar-refractivity contribution in [1.82, 2.24) is 20.4 Å². The van der Waals surface area contributed by atoms with Crippen LogP contribution in [0.3, 0.4) is 0 Å². The molecule has 2 atom stereocenters. The summed E-state index contributed by atoms with van der Waals surface area (Å²) in [6.45, 7) is 0.695. The van der Waals surface area contributed by atoms with Gasteiger partial charge in [-0.3, -0.25) is 0 Å². The first kappa shape index (κ1) is 18.6. The first-order chi connectivity index (χ1) is 14.2. The maximum atomic E-state index is 10.1. The van der Waals surface area contributed by atoms with Crippen molar-refractivity contribution in [3.63, 3.8) is 0 Å². The van der Waals surface area contributed by atoms with Gasteiger partial charge in [0, 0.05) is 36.0 Å². The van der Waals surface area contributed by atoms with Gasteiger partial charge in [0.05, 0.1) is 32.0 Å². The van der Waals surface area contributed by atoms with Crippen LogP contribution in [-0.4, -0.2) is 35.5 Å². The molecule has 7 heteroatoms. The van der Waals surface area contributed by atoms with Gasteiger partial charge in [-0.05, 0) is 11.6 Å². The Balaban J connectivity index is 1.72. The van der Waals surface area contributed by atoms with Gasteiger partial charge in [-0.2, -0.15) is 15.5 Å². The summed E-state index contributed by atoms with van der Waals surface area (Å²) in [5, 5.41) is 22.5. The average molecular weight is 387 g/mol. The molecule has 29 heavy (non-hydrogen) atoms. The van der Waals surface area contributed by atoms with Gasteiger partial charge >= 0.3 is 0 Å². The number of rotatable bonds is 6. The molecule has 0 spiro atoms. The fourth-order valence-electron chi connectivity index (χ4n) is 3.62. The van der Waals surface area contributed by atoms with Crippen molar-refractivity contribution in [2.45, 2.75) is 18.6 Å². The lowest BCUT2D eigenvalue weighted by Gasteiger charge is -2.29. The zero-order valence-corrected chi connectivity index (χ0v) is 16.2. The third-order valence-electron chi connectivity index (χ3n) is 5.06. The summed E-state index contributed by atoms with van der Waals surface area (Å²) in [4.78, 5) is 2.12. The second-order valence-electron chi connectivity index (χ2n) is 6.72. The van der Waals surface area contributed by atoms with Crippen molar-refractivity contribution < 1.29 is 9.47 Å². The molecule has 1 aromatic heterocycles. The van der Waals surface area contributed by atoms with Gasteiger partial charge in [-0.1, -0.05) is 30.3 Å². The summed E-state index contributed by atoms with van der Waals surface area (Å²) < 4.78 is 10.8. The molecule has 2 unspecified atom stereocenters. The van der Waals surface area contributed by atoms with Gasteiger partial charge in [-0.15, -0.1) is 0 Å². The number of nitriles is 1. The number of methoxy groups -OCH3 is 2. The van der Waals surface area contributed by atoms with Crippen molar-refractivity contribution >= 4 is 10.9 Å². The molecular formula is C22H21N5O2. The number of nitrogens with zero attached hydrogens (tertiary/aromatic N) is 4. The van der Waals surface area contributed by atoms with Gasteiger partial charge in [0.1, 0.15) is 12.1 Å². The molecule has 1 aliphatic rings. The van der Waals surface area contributed by atoms with Crippen LogP contribution in [0.5, 0.6) is 11.5 Å². The number of benzene rings is 2. The maximum absolute atomic E-state index is 10.1. The van der Waals surface area contributed by atoms with Crippen molar-refractivity contribution in [3.8, 4) is 17.6 Å². The first-order valence-electron chi connectivity index (χ1n) is 9.24. The van der Waals surface area contributed by atoms with Gasteiger partial charge in [0.15, 0.2) is 11.5 Å². The van der Waals surface area contributed by atoms with Gasteiger partial charge in [0.25, 0.3) is 0 Å². The highest BCUT2D eigenvalue weighted by Gasteiger charge is 2.31. The molecule has 4 rings (SSSR count). The average Bonchev–Trinajstić information content (AvgIpc) is 3.22. The number of hydrogen-bond acceptors (Lipinski definition) is 7. The molecule has 0 amide bonds. The normalized spacial score (nSPS) is 16.3. The zero-order chi connectivity index (χ0) is 20.2. The molecule has 0 aliphatic carbocycles. The van der Waals surface area contributed by atoms with Crippen molar-refractivity contribution in [1.29, 1.82) is 5.26 Å². The molecule has 0 fully saturated rings. The van der Waals surface area contributed by atoms with Crippen LogP contribution in [0.1, 0.15) is 17.0 Å². The Labute approximate surface area is 169 Å². The van der Waals surface area contributed by atoms with Crippen LogP contribution in [-0.2, 0) is 6.54 Å². The molecule has 0 saturated heterocycles. The third-order valence-corrected chi connectivity index (χ3v) is 5.06. The highest BCUT2D eigenvalue weighted by Crippen LogP contribution is 2.36. The van der Waals surface area contributed by atoms with E-state index in [0.717, 1.165) is 10.9 Å². The molecule has 3 aromatic rings. The molecule has 1 aliphatic heterocycles. The fraction of sp³-hybridized carbons (Fsp3) is 0.227. The zero-order valence-electron chi connectivity index (χ0n) is 16.2.